The normalized spacial score (nSPS) is 11.3. The van der Waals surface area contributed by atoms with E-state index in [0.717, 1.165) is 12.1 Å². The Kier molecular flexibility index (Phi) is 4.55. The molecule has 0 fully saturated rings. The molecule has 7 heteroatoms. The summed E-state index contributed by atoms with van der Waals surface area (Å²) >= 11 is 0. The van der Waals surface area contributed by atoms with Gasteiger partial charge in [0.15, 0.2) is 0 Å². The van der Waals surface area contributed by atoms with Crippen molar-refractivity contribution in [3.63, 3.8) is 0 Å². The standard InChI is InChI=1S/C11H13F3N2O2/c12-11(13,14)7-2-3-9(18-5-1-4-15)8(6-7)10(16)17/h2-3,6H,1,4-5,15H2,(H2,16,17). The maximum atomic E-state index is 12.5. The van der Waals surface area contributed by atoms with Gasteiger partial charge >= 0.3 is 6.18 Å². The van der Waals surface area contributed by atoms with Crippen LogP contribution in [-0.2, 0) is 6.18 Å². The van der Waals surface area contributed by atoms with E-state index in [1.807, 2.05) is 0 Å². The monoisotopic (exact) mass is 262 g/mol. The summed E-state index contributed by atoms with van der Waals surface area (Å²) in [4.78, 5) is 11.1. The number of rotatable bonds is 5. The summed E-state index contributed by atoms with van der Waals surface area (Å²) in [6.07, 6.45) is -4.00. The third kappa shape index (κ3) is 3.63. The molecule has 0 aliphatic carbocycles. The molecule has 1 amide bonds. The number of carbonyl (C=O) groups is 1. The largest absolute Gasteiger partial charge is 0.493 e. The van der Waals surface area contributed by atoms with Crippen molar-refractivity contribution in [2.75, 3.05) is 13.2 Å². The molecule has 4 N–H and O–H groups in total. The summed E-state index contributed by atoms with van der Waals surface area (Å²) in [5.74, 6) is -0.937. The van der Waals surface area contributed by atoms with Crippen LogP contribution in [0.2, 0.25) is 0 Å². The first-order valence-corrected chi connectivity index (χ1v) is 5.20. The third-order valence-electron chi connectivity index (χ3n) is 2.18. The van der Waals surface area contributed by atoms with E-state index in [4.69, 9.17) is 16.2 Å². The van der Waals surface area contributed by atoms with Crippen molar-refractivity contribution in [1.29, 1.82) is 0 Å². The number of hydrogen-bond acceptors (Lipinski definition) is 3. The van der Waals surface area contributed by atoms with Crippen LogP contribution in [0, 0.1) is 0 Å². The van der Waals surface area contributed by atoms with Gasteiger partial charge in [-0.3, -0.25) is 4.79 Å². The molecule has 0 aliphatic rings. The van der Waals surface area contributed by atoms with Gasteiger partial charge in [0.1, 0.15) is 5.75 Å². The van der Waals surface area contributed by atoms with E-state index in [0.29, 0.717) is 19.0 Å². The van der Waals surface area contributed by atoms with Crippen molar-refractivity contribution in [1.82, 2.24) is 0 Å². The Hall–Kier alpha value is -1.76. The lowest BCUT2D eigenvalue weighted by atomic mass is 10.1. The molecule has 100 valence electrons. The van der Waals surface area contributed by atoms with Crippen LogP contribution in [0.5, 0.6) is 5.75 Å². The molecular weight excluding hydrogens is 249 g/mol. The topological polar surface area (TPSA) is 78.3 Å². The van der Waals surface area contributed by atoms with E-state index < -0.39 is 17.6 Å². The van der Waals surface area contributed by atoms with E-state index in [1.165, 1.54) is 0 Å². The van der Waals surface area contributed by atoms with E-state index >= 15 is 0 Å². The molecule has 0 aromatic heterocycles. The zero-order valence-electron chi connectivity index (χ0n) is 9.46. The Balaban J connectivity index is 3.01. The van der Waals surface area contributed by atoms with Crippen LogP contribution in [0.4, 0.5) is 13.2 Å². The van der Waals surface area contributed by atoms with Crippen molar-refractivity contribution in [3.05, 3.63) is 29.3 Å². The highest BCUT2D eigenvalue weighted by molar-refractivity contribution is 5.95. The first-order chi connectivity index (χ1) is 8.36. The van der Waals surface area contributed by atoms with Gasteiger partial charge in [-0.25, -0.2) is 0 Å². The minimum absolute atomic E-state index is 0.0314. The molecule has 4 nitrogen and oxygen atoms in total. The van der Waals surface area contributed by atoms with Gasteiger partial charge in [-0.2, -0.15) is 13.2 Å². The lowest BCUT2D eigenvalue weighted by Gasteiger charge is -2.12. The average Bonchev–Trinajstić information content (AvgIpc) is 2.28. The first-order valence-electron chi connectivity index (χ1n) is 5.20. The average molecular weight is 262 g/mol. The van der Waals surface area contributed by atoms with Crippen LogP contribution in [0.3, 0.4) is 0 Å². The molecule has 0 atom stereocenters. The van der Waals surface area contributed by atoms with Crippen LogP contribution in [0.15, 0.2) is 18.2 Å². The van der Waals surface area contributed by atoms with Gasteiger partial charge in [-0.15, -0.1) is 0 Å². The zero-order valence-corrected chi connectivity index (χ0v) is 9.46. The molecule has 1 aromatic carbocycles. The fraction of sp³-hybridized carbons (Fsp3) is 0.364. The van der Waals surface area contributed by atoms with Crippen LogP contribution >= 0.6 is 0 Å². The highest BCUT2D eigenvalue weighted by Crippen LogP contribution is 2.32. The minimum atomic E-state index is -4.53. The Bertz CT molecular complexity index is 433. The van der Waals surface area contributed by atoms with Crippen molar-refractivity contribution in [2.45, 2.75) is 12.6 Å². The van der Waals surface area contributed by atoms with E-state index in [-0.39, 0.29) is 17.9 Å². The number of amides is 1. The number of hydrogen-bond donors (Lipinski definition) is 2. The van der Waals surface area contributed by atoms with E-state index in [9.17, 15) is 18.0 Å². The number of ether oxygens (including phenoxy) is 1. The Labute approximate surface area is 102 Å². The Morgan fingerprint density at radius 3 is 2.50 bits per heavy atom. The molecule has 0 bridgehead atoms. The van der Waals surface area contributed by atoms with Crippen LogP contribution in [-0.4, -0.2) is 19.1 Å². The second-order valence-corrected chi connectivity index (χ2v) is 3.56. The van der Waals surface area contributed by atoms with Gasteiger partial charge in [0.25, 0.3) is 5.91 Å². The molecule has 0 unspecified atom stereocenters. The summed E-state index contributed by atoms with van der Waals surface area (Å²) in [6, 6.07) is 2.60. The summed E-state index contributed by atoms with van der Waals surface area (Å²) in [5.41, 5.74) is 9.04. The van der Waals surface area contributed by atoms with Crippen molar-refractivity contribution < 1.29 is 22.7 Å². The maximum absolute atomic E-state index is 12.5. The lowest BCUT2D eigenvalue weighted by Crippen LogP contribution is -2.16. The summed E-state index contributed by atoms with van der Waals surface area (Å²) in [6.45, 7) is 0.592. The first kappa shape index (κ1) is 14.3. The fourth-order valence-electron chi connectivity index (χ4n) is 1.29. The van der Waals surface area contributed by atoms with Gasteiger partial charge in [0.05, 0.1) is 17.7 Å². The summed E-state index contributed by atoms with van der Waals surface area (Å²) < 4.78 is 42.5. The molecule has 0 radical (unpaired) electrons. The molecule has 0 aliphatic heterocycles. The second-order valence-electron chi connectivity index (χ2n) is 3.56. The quantitative estimate of drug-likeness (QED) is 0.790. The molecular formula is C11H13F3N2O2. The molecule has 0 saturated heterocycles. The highest BCUT2D eigenvalue weighted by atomic mass is 19.4. The highest BCUT2D eigenvalue weighted by Gasteiger charge is 2.31. The molecule has 1 rings (SSSR count). The number of primary amides is 1. The van der Waals surface area contributed by atoms with Crippen LogP contribution in [0.25, 0.3) is 0 Å². The predicted molar refractivity (Wildman–Crippen MR) is 59.1 cm³/mol. The van der Waals surface area contributed by atoms with Crippen LogP contribution < -0.4 is 16.2 Å². The number of carbonyl (C=O) groups excluding carboxylic acids is 1. The fourth-order valence-corrected chi connectivity index (χ4v) is 1.29. The second kappa shape index (κ2) is 5.72. The van der Waals surface area contributed by atoms with Crippen molar-refractivity contribution in [3.8, 4) is 5.75 Å². The SMILES string of the molecule is NCCCOc1ccc(C(F)(F)F)cc1C(N)=O. The number of halogens is 3. The summed E-state index contributed by atoms with van der Waals surface area (Å²) in [5, 5.41) is 0. The molecule has 18 heavy (non-hydrogen) atoms. The molecule has 0 saturated carbocycles. The Morgan fingerprint density at radius 1 is 1.33 bits per heavy atom. The van der Waals surface area contributed by atoms with Gasteiger partial charge in [0.2, 0.25) is 0 Å². The lowest BCUT2D eigenvalue weighted by molar-refractivity contribution is -0.137. The number of benzene rings is 1. The summed E-state index contributed by atoms with van der Waals surface area (Å²) in [7, 11) is 0. The van der Waals surface area contributed by atoms with Crippen LogP contribution in [0.1, 0.15) is 22.3 Å². The predicted octanol–water partition coefficient (Wildman–Crippen LogP) is 1.53. The van der Waals surface area contributed by atoms with Gasteiger partial charge in [-0.05, 0) is 31.2 Å². The third-order valence-corrected chi connectivity index (χ3v) is 2.18. The smallest absolute Gasteiger partial charge is 0.416 e. The zero-order chi connectivity index (χ0) is 13.8. The molecule has 0 heterocycles. The number of nitrogens with two attached hydrogens (primary N) is 2. The van der Waals surface area contributed by atoms with Crippen molar-refractivity contribution in [2.24, 2.45) is 11.5 Å². The van der Waals surface area contributed by atoms with Gasteiger partial charge in [0, 0.05) is 0 Å². The number of alkyl halides is 3. The maximum Gasteiger partial charge on any atom is 0.416 e. The van der Waals surface area contributed by atoms with Gasteiger partial charge < -0.3 is 16.2 Å². The van der Waals surface area contributed by atoms with Crippen molar-refractivity contribution >= 4 is 5.91 Å². The molecule has 1 aromatic rings. The van der Waals surface area contributed by atoms with E-state index in [2.05, 4.69) is 0 Å². The molecule has 0 spiro atoms. The van der Waals surface area contributed by atoms with Gasteiger partial charge in [-0.1, -0.05) is 0 Å². The Morgan fingerprint density at radius 2 is 2.00 bits per heavy atom. The van der Waals surface area contributed by atoms with E-state index in [1.54, 1.807) is 0 Å². The minimum Gasteiger partial charge on any atom is -0.493 e.